The van der Waals surface area contributed by atoms with Crippen molar-refractivity contribution < 1.29 is 14.3 Å². The lowest BCUT2D eigenvalue weighted by Gasteiger charge is -2.43. The van der Waals surface area contributed by atoms with E-state index in [2.05, 4.69) is 37.4 Å². The molecule has 0 bridgehead atoms. The normalized spacial score (nSPS) is 26.6. The molecule has 130 valence electrons. The molecule has 2 amide bonds. The molecule has 1 aromatic rings. The fraction of sp³-hybridized carbons (Fsp3) is 0.579. The van der Waals surface area contributed by atoms with Gasteiger partial charge in [0, 0.05) is 19.6 Å². The molecule has 2 fully saturated rings. The van der Waals surface area contributed by atoms with Gasteiger partial charge in [-0.3, -0.25) is 4.79 Å². The zero-order chi connectivity index (χ0) is 17.3. The highest BCUT2D eigenvalue weighted by Gasteiger charge is 2.37. The first-order chi connectivity index (χ1) is 11.5. The number of carbonyl (C=O) groups excluding carboxylic acids is 2. The van der Waals surface area contributed by atoms with E-state index in [0.29, 0.717) is 31.5 Å². The number of nitrogens with one attached hydrogen (secondary N) is 1. The van der Waals surface area contributed by atoms with Crippen molar-refractivity contribution in [3.8, 4) is 0 Å². The summed E-state index contributed by atoms with van der Waals surface area (Å²) >= 11 is 0. The van der Waals surface area contributed by atoms with Crippen LogP contribution in [0, 0.1) is 19.8 Å². The maximum atomic E-state index is 12.7. The highest BCUT2D eigenvalue weighted by molar-refractivity contribution is 5.80. The largest absolute Gasteiger partial charge is 0.450 e. The summed E-state index contributed by atoms with van der Waals surface area (Å²) in [5, 5.41) is 2.64. The van der Waals surface area contributed by atoms with Crippen LogP contribution >= 0.6 is 0 Å². The molecule has 1 aromatic carbocycles. The van der Waals surface area contributed by atoms with Crippen molar-refractivity contribution in [2.75, 3.05) is 20.2 Å². The number of carbonyl (C=O) groups is 2. The van der Waals surface area contributed by atoms with E-state index in [4.69, 9.17) is 4.74 Å². The number of alkyl carbamates (subject to hydrolysis) is 1. The Hall–Kier alpha value is -2.04. The van der Waals surface area contributed by atoms with Gasteiger partial charge in [0.1, 0.15) is 0 Å². The van der Waals surface area contributed by atoms with Crippen molar-refractivity contribution in [3.63, 3.8) is 0 Å². The zero-order valence-corrected chi connectivity index (χ0v) is 14.7. The minimum Gasteiger partial charge on any atom is -0.450 e. The lowest BCUT2D eigenvalue weighted by molar-refractivity contribution is -0.138. The lowest BCUT2D eigenvalue weighted by atomic mass is 9.73. The fourth-order valence-corrected chi connectivity index (χ4v) is 3.71. The van der Waals surface area contributed by atoms with Gasteiger partial charge < -0.3 is 15.0 Å². The SMILES string of the molecule is Cc1cccc([C@H]2C[C@@H](N(C)C(=O)[C@@H]3CCOC(=O)NC3)C2)c1C. The van der Waals surface area contributed by atoms with E-state index in [1.54, 1.807) is 0 Å². The van der Waals surface area contributed by atoms with Gasteiger partial charge in [0.2, 0.25) is 5.91 Å². The number of benzene rings is 1. The van der Waals surface area contributed by atoms with E-state index < -0.39 is 6.09 Å². The summed E-state index contributed by atoms with van der Waals surface area (Å²) in [6.45, 7) is 5.01. The second kappa shape index (κ2) is 6.83. The topological polar surface area (TPSA) is 58.6 Å². The molecule has 0 unspecified atom stereocenters. The first kappa shape index (κ1) is 16.8. The Morgan fingerprint density at radius 1 is 1.29 bits per heavy atom. The van der Waals surface area contributed by atoms with Crippen molar-refractivity contribution in [1.29, 1.82) is 0 Å². The summed E-state index contributed by atoms with van der Waals surface area (Å²) < 4.78 is 4.94. The number of aryl methyl sites for hydroxylation is 1. The molecule has 5 heteroatoms. The minimum atomic E-state index is -0.424. The molecule has 0 radical (unpaired) electrons. The van der Waals surface area contributed by atoms with Gasteiger partial charge in [0.05, 0.1) is 12.5 Å². The molecule has 5 nitrogen and oxygen atoms in total. The summed E-state index contributed by atoms with van der Waals surface area (Å²) in [4.78, 5) is 25.8. The minimum absolute atomic E-state index is 0.116. The Morgan fingerprint density at radius 2 is 2.04 bits per heavy atom. The highest BCUT2D eigenvalue weighted by atomic mass is 16.5. The van der Waals surface area contributed by atoms with Gasteiger partial charge >= 0.3 is 6.09 Å². The summed E-state index contributed by atoms with van der Waals surface area (Å²) in [6.07, 6.45) is 2.20. The van der Waals surface area contributed by atoms with Gasteiger partial charge in [-0.15, -0.1) is 0 Å². The predicted octanol–water partition coefficient (Wildman–Crippen LogP) is 2.75. The summed E-state index contributed by atoms with van der Waals surface area (Å²) in [7, 11) is 1.89. The van der Waals surface area contributed by atoms with Crippen LogP contribution in [-0.2, 0) is 9.53 Å². The van der Waals surface area contributed by atoms with E-state index in [1.165, 1.54) is 16.7 Å². The Labute approximate surface area is 143 Å². The Morgan fingerprint density at radius 3 is 2.79 bits per heavy atom. The Bertz CT molecular complexity index is 637. The average Bonchev–Trinajstić information content (AvgIpc) is 2.74. The van der Waals surface area contributed by atoms with Crippen LogP contribution in [0.25, 0.3) is 0 Å². The van der Waals surface area contributed by atoms with Gasteiger partial charge in [-0.1, -0.05) is 18.2 Å². The number of rotatable bonds is 3. The van der Waals surface area contributed by atoms with Crippen LogP contribution < -0.4 is 5.32 Å². The van der Waals surface area contributed by atoms with E-state index in [0.717, 1.165) is 12.8 Å². The molecule has 3 rings (SSSR count). The summed E-state index contributed by atoms with van der Waals surface area (Å²) in [5.74, 6) is 0.480. The first-order valence-corrected chi connectivity index (χ1v) is 8.70. The molecule has 1 N–H and O–H groups in total. The molecule has 1 saturated heterocycles. The van der Waals surface area contributed by atoms with Gasteiger partial charge in [-0.2, -0.15) is 0 Å². The van der Waals surface area contributed by atoms with Crippen molar-refractivity contribution in [2.45, 2.75) is 45.1 Å². The van der Waals surface area contributed by atoms with Crippen LogP contribution in [0.2, 0.25) is 0 Å². The summed E-state index contributed by atoms with van der Waals surface area (Å²) in [5.41, 5.74) is 4.12. The van der Waals surface area contributed by atoms with Crippen LogP contribution in [0.4, 0.5) is 4.79 Å². The quantitative estimate of drug-likeness (QED) is 0.927. The van der Waals surface area contributed by atoms with Crippen LogP contribution in [-0.4, -0.2) is 43.1 Å². The Kier molecular flexibility index (Phi) is 4.78. The average molecular weight is 330 g/mol. The molecule has 2 aliphatic rings. The van der Waals surface area contributed by atoms with Crippen molar-refractivity contribution in [3.05, 3.63) is 34.9 Å². The second-order valence-electron chi connectivity index (χ2n) is 7.06. The van der Waals surface area contributed by atoms with E-state index in [1.807, 2.05) is 11.9 Å². The number of hydrogen-bond acceptors (Lipinski definition) is 3. The van der Waals surface area contributed by atoms with Crippen LogP contribution in [0.3, 0.4) is 0 Å². The molecule has 1 aliphatic carbocycles. The molecular formula is C19H26N2O3. The van der Waals surface area contributed by atoms with Crippen LogP contribution in [0.15, 0.2) is 18.2 Å². The van der Waals surface area contributed by atoms with Crippen molar-refractivity contribution in [2.24, 2.45) is 5.92 Å². The highest BCUT2D eigenvalue weighted by Crippen LogP contribution is 2.41. The second-order valence-corrected chi connectivity index (χ2v) is 7.06. The van der Waals surface area contributed by atoms with Gasteiger partial charge in [0.25, 0.3) is 0 Å². The maximum absolute atomic E-state index is 12.7. The molecular weight excluding hydrogens is 304 g/mol. The van der Waals surface area contributed by atoms with Crippen LogP contribution in [0.5, 0.6) is 0 Å². The third-order valence-electron chi connectivity index (χ3n) is 5.64. The maximum Gasteiger partial charge on any atom is 0.407 e. The van der Waals surface area contributed by atoms with E-state index >= 15 is 0 Å². The monoisotopic (exact) mass is 330 g/mol. The number of amides is 2. The standard InChI is InChI=1S/C19H26N2O3/c1-12-5-4-6-17(13(12)2)15-9-16(10-15)21(3)18(22)14-7-8-24-19(23)20-11-14/h4-6,14-16H,7-11H2,1-3H3,(H,20,23)/t14-,15-,16+/m1/s1. The number of ether oxygens (including phenoxy) is 1. The molecule has 1 aliphatic heterocycles. The number of hydrogen-bond donors (Lipinski definition) is 1. The van der Waals surface area contributed by atoms with Crippen LogP contribution in [0.1, 0.15) is 41.9 Å². The molecule has 24 heavy (non-hydrogen) atoms. The van der Waals surface area contributed by atoms with Crippen molar-refractivity contribution in [1.82, 2.24) is 10.2 Å². The van der Waals surface area contributed by atoms with E-state index in [-0.39, 0.29) is 11.8 Å². The molecule has 0 aromatic heterocycles. The fourth-order valence-electron chi connectivity index (χ4n) is 3.71. The Balaban J connectivity index is 1.58. The molecule has 1 atom stereocenters. The first-order valence-electron chi connectivity index (χ1n) is 8.70. The smallest absolute Gasteiger partial charge is 0.407 e. The predicted molar refractivity (Wildman–Crippen MR) is 91.9 cm³/mol. The summed E-state index contributed by atoms with van der Waals surface area (Å²) in [6, 6.07) is 6.77. The van der Waals surface area contributed by atoms with Crippen molar-refractivity contribution >= 4 is 12.0 Å². The molecule has 1 saturated carbocycles. The van der Waals surface area contributed by atoms with Gasteiger partial charge in [-0.25, -0.2) is 4.79 Å². The molecule has 1 heterocycles. The molecule has 0 spiro atoms. The number of nitrogens with zero attached hydrogens (tertiary/aromatic N) is 1. The third-order valence-corrected chi connectivity index (χ3v) is 5.64. The lowest BCUT2D eigenvalue weighted by Crippen LogP contribution is -2.48. The zero-order valence-electron chi connectivity index (χ0n) is 14.7. The number of cyclic esters (lactones) is 1. The van der Waals surface area contributed by atoms with Gasteiger partial charge in [-0.05, 0) is 55.7 Å². The van der Waals surface area contributed by atoms with Gasteiger partial charge in [0.15, 0.2) is 0 Å². The van der Waals surface area contributed by atoms with E-state index in [9.17, 15) is 9.59 Å². The third kappa shape index (κ3) is 3.25.